The number of fused-ring (bicyclic) bond motifs is 2. The van der Waals surface area contributed by atoms with Crippen molar-refractivity contribution in [3.63, 3.8) is 0 Å². The fourth-order valence-electron chi connectivity index (χ4n) is 3.45. The highest BCUT2D eigenvalue weighted by Crippen LogP contribution is 2.48. The summed E-state index contributed by atoms with van der Waals surface area (Å²) in [4.78, 5) is 30.4. The first-order valence-corrected chi connectivity index (χ1v) is 7.61. The van der Waals surface area contributed by atoms with Gasteiger partial charge in [-0.1, -0.05) is 35.9 Å². The van der Waals surface area contributed by atoms with Crippen molar-refractivity contribution in [2.24, 2.45) is 11.7 Å². The number of aromatic nitrogens is 1. The van der Waals surface area contributed by atoms with Crippen LogP contribution in [-0.4, -0.2) is 33.8 Å². The molecule has 0 bridgehead atoms. The number of amides is 2. The Morgan fingerprint density at radius 2 is 2.05 bits per heavy atom. The number of rotatable bonds is 2. The molecule has 3 unspecified atom stereocenters. The zero-order chi connectivity index (χ0) is 15.4. The van der Waals surface area contributed by atoms with Gasteiger partial charge in [-0.25, -0.2) is 4.98 Å². The van der Waals surface area contributed by atoms with E-state index in [2.05, 4.69) is 4.98 Å². The lowest BCUT2D eigenvalue weighted by Gasteiger charge is -2.25. The molecule has 4 rings (SSSR count). The summed E-state index contributed by atoms with van der Waals surface area (Å²) in [6.45, 7) is 0. The fraction of sp³-hybridized carbons (Fsp3) is 0.312. The third kappa shape index (κ3) is 1.96. The number of carbonyl (C=O) groups excluding carboxylic acids is 2. The van der Waals surface area contributed by atoms with E-state index in [0.29, 0.717) is 18.0 Å². The van der Waals surface area contributed by atoms with Crippen molar-refractivity contribution in [3.05, 3.63) is 41.2 Å². The maximum absolute atomic E-state index is 13.0. The van der Waals surface area contributed by atoms with Crippen LogP contribution in [0.15, 0.2) is 30.3 Å². The smallest absolute Gasteiger partial charge is 0.274 e. The molecule has 2 aliphatic rings. The van der Waals surface area contributed by atoms with Gasteiger partial charge in [-0.15, -0.1) is 0 Å². The minimum Gasteiger partial charge on any atom is -0.368 e. The maximum Gasteiger partial charge on any atom is 0.274 e. The quantitative estimate of drug-likeness (QED) is 0.861. The SMILES string of the molecule is NC(=O)C1CC2CC2N1C(=O)c1nc(Cl)cc2ccccc12. The molecule has 2 N–H and O–H groups in total. The monoisotopic (exact) mass is 315 g/mol. The van der Waals surface area contributed by atoms with Gasteiger partial charge in [0.1, 0.15) is 16.9 Å². The number of nitrogens with two attached hydrogens (primary N) is 1. The van der Waals surface area contributed by atoms with Gasteiger partial charge in [-0.05, 0) is 30.2 Å². The largest absolute Gasteiger partial charge is 0.368 e. The molecule has 2 fully saturated rings. The topological polar surface area (TPSA) is 76.3 Å². The summed E-state index contributed by atoms with van der Waals surface area (Å²) in [6, 6.07) is 8.76. The third-order valence-electron chi connectivity index (χ3n) is 4.58. The van der Waals surface area contributed by atoms with E-state index >= 15 is 0 Å². The lowest BCUT2D eigenvalue weighted by Crippen LogP contribution is -2.46. The molecule has 2 aromatic rings. The highest BCUT2D eigenvalue weighted by Gasteiger charge is 2.56. The average molecular weight is 316 g/mol. The van der Waals surface area contributed by atoms with Crippen LogP contribution < -0.4 is 5.73 Å². The summed E-state index contributed by atoms with van der Waals surface area (Å²) in [6.07, 6.45) is 1.60. The van der Waals surface area contributed by atoms with Crippen molar-refractivity contribution in [1.29, 1.82) is 0 Å². The standard InChI is InChI=1S/C16H14ClN3O2/c17-13-7-8-3-1-2-4-10(8)14(19-13)16(22)20-11-5-9(11)6-12(20)15(18)21/h1-4,7,9,11-12H,5-6H2,(H2,18,21). The van der Waals surface area contributed by atoms with E-state index < -0.39 is 11.9 Å². The molecule has 0 spiro atoms. The lowest BCUT2D eigenvalue weighted by atomic mass is 10.1. The molecule has 112 valence electrons. The van der Waals surface area contributed by atoms with Gasteiger partial charge in [0.2, 0.25) is 5.91 Å². The second-order valence-electron chi connectivity index (χ2n) is 5.94. The number of carbonyl (C=O) groups is 2. The second-order valence-corrected chi connectivity index (χ2v) is 6.33. The Labute approximate surface area is 132 Å². The van der Waals surface area contributed by atoms with Crippen LogP contribution in [0.25, 0.3) is 10.8 Å². The van der Waals surface area contributed by atoms with Crippen LogP contribution in [0, 0.1) is 5.92 Å². The predicted molar refractivity (Wildman–Crippen MR) is 82.4 cm³/mol. The molecule has 1 aromatic carbocycles. The lowest BCUT2D eigenvalue weighted by molar-refractivity contribution is -0.122. The van der Waals surface area contributed by atoms with Gasteiger partial charge in [-0.2, -0.15) is 0 Å². The first kappa shape index (κ1) is 13.5. The second kappa shape index (κ2) is 4.68. The van der Waals surface area contributed by atoms with Crippen LogP contribution in [0.3, 0.4) is 0 Å². The normalized spacial score (nSPS) is 26.0. The summed E-state index contributed by atoms with van der Waals surface area (Å²) in [5.74, 6) is -0.314. The molecule has 22 heavy (non-hydrogen) atoms. The Bertz CT molecular complexity index is 807. The van der Waals surface area contributed by atoms with Gasteiger partial charge in [0.05, 0.1) is 0 Å². The Kier molecular flexibility index (Phi) is 2.87. The number of piperidine rings is 1. The summed E-state index contributed by atoms with van der Waals surface area (Å²) in [5.41, 5.74) is 5.74. The van der Waals surface area contributed by atoms with Crippen molar-refractivity contribution in [1.82, 2.24) is 9.88 Å². The molecule has 1 aliphatic heterocycles. The van der Waals surface area contributed by atoms with Crippen LogP contribution in [0.1, 0.15) is 23.3 Å². The minimum absolute atomic E-state index is 0.115. The first-order chi connectivity index (χ1) is 10.6. The molecule has 0 radical (unpaired) electrons. The minimum atomic E-state index is -0.532. The molecule has 1 aromatic heterocycles. The number of pyridine rings is 1. The van der Waals surface area contributed by atoms with Gasteiger partial charge in [0, 0.05) is 11.4 Å². The van der Waals surface area contributed by atoms with Crippen LogP contribution in [0.2, 0.25) is 5.15 Å². The molecule has 6 heteroatoms. The Balaban J connectivity index is 1.81. The first-order valence-electron chi connectivity index (χ1n) is 7.23. The van der Waals surface area contributed by atoms with E-state index in [1.165, 1.54) is 0 Å². The number of primary amides is 1. The van der Waals surface area contributed by atoms with E-state index in [-0.39, 0.29) is 17.1 Å². The van der Waals surface area contributed by atoms with Crippen LogP contribution in [0.5, 0.6) is 0 Å². The van der Waals surface area contributed by atoms with E-state index in [1.807, 2.05) is 24.3 Å². The molecule has 1 saturated carbocycles. The number of halogens is 1. The summed E-state index contributed by atoms with van der Waals surface area (Å²) >= 11 is 6.05. The van der Waals surface area contributed by atoms with Crippen LogP contribution in [0.4, 0.5) is 0 Å². The van der Waals surface area contributed by atoms with Gasteiger partial charge in [0.25, 0.3) is 5.91 Å². The summed E-state index contributed by atoms with van der Waals surface area (Å²) in [7, 11) is 0. The van der Waals surface area contributed by atoms with E-state index in [0.717, 1.165) is 17.2 Å². The van der Waals surface area contributed by atoms with Gasteiger partial charge in [-0.3, -0.25) is 9.59 Å². The predicted octanol–water partition coefficient (Wildman–Crippen LogP) is 1.98. The van der Waals surface area contributed by atoms with E-state index in [1.54, 1.807) is 11.0 Å². The number of likely N-dealkylation sites (tertiary alicyclic amines) is 1. The summed E-state index contributed by atoms with van der Waals surface area (Å²) in [5, 5.41) is 1.86. The highest BCUT2D eigenvalue weighted by atomic mass is 35.5. The molecule has 1 saturated heterocycles. The molecular formula is C16H14ClN3O2. The molecule has 5 nitrogen and oxygen atoms in total. The van der Waals surface area contributed by atoms with Gasteiger partial charge < -0.3 is 10.6 Å². The molecule has 2 heterocycles. The number of hydrogen-bond donors (Lipinski definition) is 1. The van der Waals surface area contributed by atoms with Crippen molar-refractivity contribution in [3.8, 4) is 0 Å². The van der Waals surface area contributed by atoms with E-state index in [9.17, 15) is 9.59 Å². The van der Waals surface area contributed by atoms with Gasteiger partial charge >= 0.3 is 0 Å². The van der Waals surface area contributed by atoms with Crippen molar-refractivity contribution in [2.45, 2.75) is 24.9 Å². The van der Waals surface area contributed by atoms with Crippen molar-refractivity contribution in [2.75, 3.05) is 0 Å². The van der Waals surface area contributed by atoms with Gasteiger partial charge in [0.15, 0.2) is 0 Å². The fourth-order valence-corrected chi connectivity index (χ4v) is 3.66. The average Bonchev–Trinajstić information content (AvgIpc) is 3.16. The molecule has 1 aliphatic carbocycles. The Morgan fingerprint density at radius 3 is 2.82 bits per heavy atom. The molecule has 2 amide bonds. The zero-order valence-corrected chi connectivity index (χ0v) is 12.5. The van der Waals surface area contributed by atoms with E-state index in [4.69, 9.17) is 17.3 Å². The number of benzene rings is 1. The Morgan fingerprint density at radius 1 is 1.27 bits per heavy atom. The van der Waals surface area contributed by atoms with Crippen molar-refractivity contribution >= 4 is 34.2 Å². The summed E-state index contributed by atoms with van der Waals surface area (Å²) < 4.78 is 0. The maximum atomic E-state index is 13.0. The van der Waals surface area contributed by atoms with Crippen LogP contribution in [-0.2, 0) is 4.79 Å². The Hall–Kier alpha value is -2.14. The molecular weight excluding hydrogens is 302 g/mol. The van der Waals surface area contributed by atoms with Crippen molar-refractivity contribution < 1.29 is 9.59 Å². The third-order valence-corrected chi connectivity index (χ3v) is 4.77. The highest BCUT2D eigenvalue weighted by molar-refractivity contribution is 6.30. The number of hydrogen-bond acceptors (Lipinski definition) is 3. The molecule has 3 atom stereocenters. The zero-order valence-electron chi connectivity index (χ0n) is 11.7. The van der Waals surface area contributed by atoms with Crippen LogP contribution >= 0.6 is 11.6 Å². The number of nitrogens with zero attached hydrogens (tertiary/aromatic N) is 2.